The van der Waals surface area contributed by atoms with Crippen molar-refractivity contribution in [2.45, 2.75) is 63.6 Å². The van der Waals surface area contributed by atoms with Crippen LogP contribution in [0.4, 0.5) is 0 Å². The molecule has 0 bridgehead atoms. The molecule has 0 radical (unpaired) electrons. The second-order valence-electron chi connectivity index (χ2n) is 5.52. The van der Waals surface area contributed by atoms with Gasteiger partial charge in [-0.1, -0.05) is 12.8 Å². The van der Waals surface area contributed by atoms with Crippen LogP contribution in [0.25, 0.3) is 0 Å². The Kier molecular flexibility index (Phi) is 4.40. The van der Waals surface area contributed by atoms with Gasteiger partial charge in [0.05, 0.1) is 12.1 Å². The zero-order valence-corrected chi connectivity index (χ0v) is 10.6. The van der Waals surface area contributed by atoms with Gasteiger partial charge in [-0.3, -0.25) is 4.79 Å². The Morgan fingerprint density at radius 3 is 2.65 bits per heavy atom. The molecule has 0 aliphatic heterocycles. The predicted octanol–water partition coefficient (Wildman–Crippen LogP) is 0.794. The molecule has 2 rings (SSSR count). The van der Waals surface area contributed by atoms with Gasteiger partial charge in [0.2, 0.25) is 5.91 Å². The summed E-state index contributed by atoms with van der Waals surface area (Å²) >= 11 is 0. The maximum Gasteiger partial charge on any atom is 0.237 e. The van der Waals surface area contributed by atoms with E-state index >= 15 is 0 Å². The molecule has 4 heteroatoms. The van der Waals surface area contributed by atoms with E-state index in [9.17, 15) is 9.90 Å². The van der Waals surface area contributed by atoms with E-state index in [2.05, 4.69) is 10.6 Å². The average Bonchev–Trinajstić information content (AvgIpc) is 3.11. The second-order valence-corrected chi connectivity index (χ2v) is 5.52. The van der Waals surface area contributed by atoms with Gasteiger partial charge in [-0.25, -0.2) is 0 Å². The van der Waals surface area contributed by atoms with Crippen molar-refractivity contribution in [2.75, 3.05) is 6.54 Å². The smallest absolute Gasteiger partial charge is 0.237 e. The second kappa shape index (κ2) is 5.83. The third-order valence-corrected chi connectivity index (χ3v) is 3.87. The lowest BCUT2D eigenvalue weighted by Crippen LogP contribution is -2.46. The minimum atomic E-state index is -0.185. The van der Waals surface area contributed by atoms with E-state index < -0.39 is 0 Å². The lowest BCUT2D eigenvalue weighted by Gasteiger charge is -2.28. The number of nitrogens with one attached hydrogen (secondary N) is 2. The monoisotopic (exact) mass is 240 g/mol. The maximum atomic E-state index is 11.7. The Balaban J connectivity index is 1.66. The number of carbonyl (C=O) groups is 1. The molecule has 0 heterocycles. The third-order valence-electron chi connectivity index (χ3n) is 3.87. The lowest BCUT2D eigenvalue weighted by atomic mass is 9.86. The van der Waals surface area contributed by atoms with Crippen LogP contribution in [0.1, 0.15) is 45.4 Å². The fraction of sp³-hybridized carbons (Fsp3) is 0.923. The number of hydrogen-bond acceptors (Lipinski definition) is 3. The minimum absolute atomic E-state index is 0.0952. The van der Waals surface area contributed by atoms with Crippen LogP contribution in [0.2, 0.25) is 0 Å². The van der Waals surface area contributed by atoms with Crippen molar-refractivity contribution in [3.05, 3.63) is 0 Å². The van der Waals surface area contributed by atoms with Gasteiger partial charge in [0.1, 0.15) is 0 Å². The zero-order chi connectivity index (χ0) is 12.3. The molecule has 98 valence electrons. The van der Waals surface area contributed by atoms with E-state index in [1.807, 2.05) is 6.92 Å². The summed E-state index contributed by atoms with van der Waals surface area (Å²) in [4.78, 5) is 11.7. The van der Waals surface area contributed by atoms with Crippen LogP contribution in [0.15, 0.2) is 0 Å². The largest absolute Gasteiger partial charge is 0.393 e. The Morgan fingerprint density at radius 2 is 2.00 bits per heavy atom. The van der Waals surface area contributed by atoms with Crippen LogP contribution in [-0.2, 0) is 4.79 Å². The number of carbonyl (C=O) groups excluding carboxylic acids is 1. The molecule has 2 fully saturated rings. The number of aliphatic hydroxyl groups is 1. The predicted molar refractivity (Wildman–Crippen MR) is 66.6 cm³/mol. The van der Waals surface area contributed by atoms with E-state index in [1.54, 1.807) is 0 Å². The topological polar surface area (TPSA) is 61.4 Å². The fourth-order valence-corrected chi connectivity index (χ4v) is 2.40. The molecule has 4 nitrogen and oxygen atoms in total. The minimum Gasteiger partial charge on any atom is -0.393 e. The maximum absolute atomic E-state index is 11.7. The molecule has 1 amide bonds. The van der Waals surface area contributed by atoms with Crippen molar-refractivity contribution in [3.8, 4) is 0 Å². The molecular formula is C13H24N2O2. The van der Waals surface area contributed by atoms with Crippen molar-refractivity contribution >= 4 is 5.91 Å². The highest BCUT2D eigenvalue weighted by molar-refractivity contribution is 5.81. The third kappa shape index (κ3) is 3.96. The van der Waals surface area contributed by atoms with Gasteiger partial charge in [0, 0.05) is 12.6 Å². The first-order valence-corrected chi connectivity index (χ1v) is 6.88. The van der Waals surface area contributed by atoms with Crippen molar-refractivity contribution in [2.24, 2.45) is 5.92 Å². The number of hydrogen-bond donors (Lipinski definition) is 3. The molecule has 3 N–H and O–H groups in total. The quantitative estimate of drug-likeness (QED) is 0.666. The standard InChI is InChI=1S/C13H24N2O2/c1-9(13(17)15-11-6-7-11)14-8-10-4-2-3-5-12(10)16/h9-12,14,16H,2-8H2,1H3,(H,15,17). The van der Waals surface area contributed by atoms with Crippen LogP contribution < -0.4 is 10.6 Å². The van der Waals surface area contributed by atoms with Gasteiger partial charge < -0.3 is 15.7 Å². The molecule has 17 heavy (non-hydrogen) atoms. The summed E-state index contributed by atoms with van der Waals surface area (Å²) in [5.41, 5.74) is 0. The van der Waals surface area contributed by atoms with Gasteiger partial charge in [-0.15, -0.1) is 0 Å². The molecule has 3 unspecified atom stereocenters. The first-order chi connectivity index (χ1) is 8.16. The molecule has 3 atom stereocenters. The lowest BCUT2D eigenvalue weighted by molar-refractivity contribution is -0.123. The van der Waals surface area contributed by atoms with E-state index in [0.717, 1.165) is 38.6 Å². The van der Waals surface area contributed by atoms with Crippen LogP contribution in [-0.4, -0.2) is 35.7 Å². The Labute approximate surface area is 103 Å². The highest BCUT2D eigenvalue weighted by Crippen LogP contribution is 2.23. The van der Waals surface area contributed by atoms with E-state index in [0.29, 0.717) is 12.0 Å². The number of amides is 1. The molecule has 2 saturated carbocycles. The summed E-state index contributed by atoms with van der Waals surface area (Å²) in [5.74, 6) is 0.415. The Hall–Kier alpha value is -0.610. The van der Waals surface area contributed by atoms with Gasteiger partial charge in [0.25, 0.3) is 0 Å². The van der Waals surface area contributed by atoms with E-state index in [1.165, 1.54) is 6.42 Å². The first kappa shape index (κ1) is 12.8. The van der Waals surface area contributed by atoms with Crippen LogP contribution in [0.3, 0.4) is 0 Å². The average molecular weight is 240 g/mol. The van der Waals surface area contributed by atoms with Crippen molar-refractivity contribution < 1.29 is 9.90 Å². The number of rotatable bonds is 5. The Morgan fingerprint density at radius 1 is 1.29 bits per heavy atom. The van der Waals surface area contributed by atoms with Gasteiger partial charge in [-0.05, 0) is 38.5 Å². The molecule has 0 aromatic carbocycles. The summed E-state index contributed by atoms with van der Waals surface area (Å²) in [6.45, 7) is 2.65. The Bertz CT molecular complexity index is 266. The molecule has 2 aliphatic rings. The van der Waals surface area contributed by atoms with Crippen LogP contribution in [0, 0.1) is 5.92 Å². The highest BCUT2D eigenvalue weighted by atomic mass is 16.3. The first-order valence-electron chi connectivity index (χ1n) is 6.88. The van der Waals surface area contributed by atoms with Crippen LogP contribution in [0.5, 0.6) is 0 Å². The summed E-state index contributed by atoms with van der Waals surface area (Å²) < 4.78 is 0. The molecule has 0 aromatic heterocycles. The zero-order valence-electron chi connectivity index (χ0n) is 10.6. The summed E-state index contributed by atoms with van der Waals surface area (Å²) in [7, 11) is 0. The normalized spacial score (nSPS) is 30.9. The molecule has 0 aromatic rings. The van der Waals surface area contributed by atoms with Crippen molar-refractivity contribution in [1.29, 1.82) is 0 Å². The number of aliphatic hydroxyl groups excluding tert-OH is 1. The van der Waals surface area contributed by atoms with E-state index in [-0.39, 0.29) is 18.1 Å². The van der Waals surface area contributed by atoms with Gasteiger partial charge in [-0.2, -0.15) is 0 Å². The SMILES string of the molecule is CC(NCC1CCCCC1O)C(=O)NC1CC1. The molecule has 0 saturated heterocycles. The highest BCUT2D eigenvalue weighted by Gasteiger charge is 2.27. The summed E-state index contributed by atoms with van der Waals surface area (Å²) in [6, 6.07) is 0.275. The fourth-order valence-electron chi connectivity index (χ4n) is 2.40. The summed E-state index contributed by atoms with van der Waals surface area (Å²) in [6.07, 6.45) is 6.39. The van der Waals surface area contributed by atoms with Crippen molar-refractivity contribution in [1.82, 2.24) is 10.6 Å². The molecule has 2 aliphatic carbocycles. The molecule has 0 spiro atoms. The van der Waals surface area contributed by atoms with E-state index in [4.69, 9.17) is 0 Å². The van der Waals surface area contributed by atoms with Crippen molar-refractivity contribution in [3.63, 3.8) is 0 Å². The summed E-state index contributed by atoms with van der Waals surface area (Å²) in [5, 5.41) is 16.1. The van der Waals surface area contributed by atoms with Gasteiger partial charge in [0.15, 0.2) is 0 Å². The van der Waals surface area contributed by atoms with Crippen LogP contribution >= 0.6 is 0 Å². The van der Waals surface area contributed by atoms with Gasteiger partial charge >= 0.3 is 0 Å². The molecular weight excluding hydrogens is 216 g/mol.